The predicted molar refractivity (Wildman–Crippen MR) is 83.0 cm³/mol. The minimum atomic E-state index is -0.847. The van der Waals surface area contributed by atoms with E-state index in [0.29, 0.717) is 25.2 Å². The number of imide groups is 1. The van der Waals surface area contributed by atoms with Gasteiger partial charge in [0.25, 0.3) is 0 Å². The number of rotatable bonds is 4. The maximum Gasteiger partial charge on any atom is 0.325 e. The first-order chi connectivity index (χ1) is 10.0. The number of para-hydroxylation sites is 1. The maximum absolute atomic E-state index is 11.7. The first-order valence-corrected chi connectivity index (χ1v) is 6.65. The van der Waals surface area contributed by atoms with Crippen molar-refractivity contribution in [3.63, 3.8) is 0 Å². The molecule has 0 radical (unpaired) electrons. The summed E-state index contributed by atoms with van der Waals surface area (Å²) >= 11 is 0. The summed E-state index contributed by atoms with van der Waals surface area (Å²) < 4.78 is 0. The van der Waals surface area contributed by atoms with Gasteiger partial charge in [-0.25, -0.2) is 4.79 Å². The van der Waals surface area contributed by atoms with Gasteiger partial charge in [0.1, 0.15) is 0 Å². The van der Waals surface area contributed by atoms with E-state index in [1.165, 1.54) is 0 Å². The van der Waals surface area contributed by atoms with Crippen LogP contribution in [0.1, 0.15) is 6.42 Å². The number of amides is 3. The number of nitrogens with zero attached hydrogens (tertiary/aromatic N) is 1. The van der Waals surface area contributed by atoms with Gasteiger partial charge < -0.3 is 10.4 Å². The Labute approximate surface area is 134 Å². The number of halogens is 1. The second-order valence-electron chi connectivity index (χ2n) is 4.93. The van der Waals surface area contributed by atoms with Crippen LogP contribution < -0.4 is 10.6 Å². The van der Waals surface area contributed by atoms with Crippen LogP contribution in [0, 0.1) is 5.92 Å². The van der Waals surface area contributed by atoms with Crippen molar-refractivity contribution in [2.75, 3.05) is 25.0 Å². The van der Waals surface area contributed by atoms with E-state index in [1.54, 1.807) is 29.2 Å². The number of carbonyl (C=O) groups excluding carboxylic acids is 2. The third-order valence-corrected chi connectivity index (χ3v) is 3.27. The Morgan fingerprint density at radius 1 is 1.23 bits per heavy atom. The third kappa shape index (κ3) is 5.34. The fourth-order valence-electron chi connectivity index (χ4n) is 2.23. The fraction of sp³-hybridized carbons (Fsp3) is 0.357. The van der Waals surface area contributed by atoms with Crippen molar-refractivity contribution in [3.05, 3.63) is 30.3 Å². The molecule has 0 spiro atoms. The second kappa shape index (κ2) is 8.35. The van der Waals surface area contributed by atoms with Gasteiger partial charge in [-0.05, 0) is 25.1 Å². The number of aliphatic carboxylic acids is 1. The standard InChI is InChI=1S/C14H17N3O4.ClH/c18-12(9-17-7-6-10(8-17)13(19)20)16-14(21)15-11-4-2-1-3-5-11;/h1-5,10H,6-9H2,(H,19,20)(H2,15,16,18,21);1H. The number of nitrogens with one attached hydrogen (secondary N) is 2. The molecule has 1 saturated heterocycles. The van der Waals surface area contributed by atoms with Crippen LogP contribution in [-0.4, -0.2) is 47.5 Å². The van der Waals surface area contributed by atoms with E-state index in [4.69, 9.17) is 5.11 Å². The highest BCUT2D eigenvalue weighted by Crippen LogP contribution is 2.15. The van der Waals surface area contributed by atoms with E-state index in [2.05, 4.69) is 10.6 Å². The molecule has 0 bridgehead atoms. The van der Waals surface area contributed by atoms with Crippen LogP contribution in [0.15, 0.2) is 30.3 Å². The zero-order valence-electron chi connectivity index (χ0n) is 11.8. The maximum atomic E-state index is 11.7. The van der Waals surface area contributed by atoms with Crippen LogP contribution in [0.3, 0.4) is 0 Å². The van der Waals surface area contributed by atoms with E-state index >= 15 is 0 Å². The number of carboxylic acid groups (broad SMARTS) is 1. The van der Waals surface area contributed by atoms with Crippen molar-refractivity contribution in [1.82, 2.24) is 10.2 Å². The molecule has 22 heavy (non-hydrogen) atoms. The molecule has 1 heterocycles. The monoisotopic (exact) mass is 327 g/mol. The number of hydrogen-bond acceptors (Lipinski definition) is 4. The van der Waals surface area contributed by atoms with E-state index in [9.17, 15) is 14.4 Å². The van der Waals surface area contributed by atoms with E-state index in [1.807, 2.05) is 6.07 Å². The SMILES string of the molecule is Cl.O=C(CN1CCC(C(=O)O)C1)NC(=O)Nc1ccccc1. The lowest BCUT2D eigenvalue weighted by Gasteiger charge is -2.14. The predicted octanol–water partition coefficient (Wildman–Crippen LogP) is 1.16. The van der Waals surface area contributed by atoms with E-state index in [0.717, 1.165) is 0 Å². The first-order valence-electron chi connectivity index (χ1n) is 6.65. The Hall–Kier alpha value is -2.12. The summed E-state index contributed by atoms with van der Waals surface area (Å²) in [6, 6.07) is 8.19. The Balaban J connectivity index is 0.00000242. The van der Waals surface area contributed by atoms with Crippen molar-refractivity contribution in [1.29, 1.82) is 0 Å². The summed E-state index contributed by atoms with van der Waals surface area (Å²) in [5.74, 6) is -1.73. The molecule has 3 amide bonds. The molecule has 8 heteroatoms. The molecule has 0 aliphatic carbocycles. The van der Waals surface area contributed by atoms with Crippen molar-refractivity contribution in [2.24, 2.45) is 5.92 Å². The van der Waals surface area contributed by atoms with Crippen molar-refractivity contribution < 1.29 is 19.5 Å². The fourth-order valence-corrected chi connectivity index (χ4v) is 2.23. The molecule has 0 saturated carbocycles. The molecular formula is C14H18ClN3O4. The van der Waals surface area contributed by atoms with Gasteiger partial charge in [0.15, 0.2) is 0 Å². The number of anilines is 1. The van der Waals surface area contributed by atoms with E-state index < -0.39 is 23.8 Å². The number of carbonyl (C=O) groups is 3. The van der Waals surface area contributed by atoms with Gasteiger partial charge in [-0.3, -0.25) is 19.8 Å². The largest absolute Gasteiger partial charge is 0.481 e. The lowest BCUT2D eigenvalue weighted by atomic mass is 10.1. The summed E-state index contributed by atoms with van der Waals surface area (Å²) in [6.07, 6.45) is 0.527. The molecule has 1 aromatic rings. The van der Waals surface area contributed by atoms with Gasteiger partial charge >= 0.3 is 12.0 Å². The highest BCUT2D eigenvalue weighted by Gasteiger charge is 2.29. The molecule has 1 unspecified atom stereocenters. The molecule has 1 aromatic carbocycles. The number of carboxylic acids is 1. The summed E-state index contributed by atoms with van der Waals surface area (Å²) in [4.78, 5) is 35.9. The Morgan fingerprint density at radius 3 is 2.50 bits per heavy atom. The zero-order valence-corrected chi connectivity index (χ0v) is 12.6. The van der Waals surface area contributed by atoms with Gasteiger partial charge in [-0.15, -0.1) is 12.4 Å². The van der Waals surface area contributed by atoms with Crippen molar-refractivity contribution >= 4 is 36.0 Å². The highest BCUT2D eigenvalue weighted by molar-refractivity contribution is 6.01. The summed E-state index contributed by atoms with van der Waals surface area (Å²) in [5, 5.41) is 13.6. The quantitative estimate of drug-likeness (QED) is 0.771. The van der Waals surface area contributed by atoms with Crippen molar-refractivity contribution in [2.45, 2.75) is 6.42 Å². The minimum absolute atomic E-state index is 0. The van der Waals surface area contributed by atoms with Crippen LogP contribution in [0.5, 0.6) is 0 Å². The number of hydrogen-bond donors (Lipinski definition) is 3. The molecule has 2 rings (SSSR count). The summed E-state index contributed by atoms with van der Waals surface area (Å²) in [7, 11) is 0. The summed E-state index contributed by atoms with van der Waals surface area (Å²) in [5.41, 5.74) is 0.593. The molecule has 120 valence electrons. The van der Waals surface area contributed by atoms with Crippen LogP contribution in [-0.2, 0) is 9.59 Å². The molecule has 1 fully saturated rings. The van der Waals surface area contributed by atoms with Gasteiger partial charge in [0.2, 0.25) is 5.91 Å². The second-order valence-corrected chi connectivity index (χ2v) is 4.93. The lowest BCUT2D eigenvalue weighted by molar-refractivity contribution is -0.141. The molecular weight excluding hydrogens is 310 g/mol. The van der Waals surface area contributed by atoms with Crippen LogP contribution in [0.2, 0.25) is 0 Å². The molecule has 7 nitrogen and oxygen atoms in total. The van der Waals surface area contributed by atoms with Crippen LogP contribution in [0.25, 0.3) is 0 Å². The number of urea groups is 1. The smallest absolute Gasteiger partial charge is 0.325 e. The van der Waals surface area contributed by atoms with Crippen LogP contribution >= 0.6 is 12.4 Å². The summed E-state index contributed by atoms with van der Waals surface area (Å²) in [6.45, 7) is 0.903. The van der Waals surface area contributed by atoms with Gasteiger partial charge in [0.05, 0.1) is 12.5 Å². The van der Waals surface area contributed by atoms with Crippen molar-refractivity contribution in [3.8, 4) is 0 Å². The topological polar surface area (TPSA) is 98.7 Å². The van der Waals surface area contributed by atoms with Gasteiger partial charge in [-0.2, -0.15) is 0 Å². The van der Waals surface area contributed by atoms with Crippen LogP contribution in [0.4, 0.5) is 10.5 Å². The molecule has 1 atom stereocenters. The number of likely N-dealkylation sites (tertiary alicyclic amines) is 1. The average Bonchev–Trinajstić information content (AvgIpc) is 2.88. The normalized spacial score (nSPS) is 17.4. The molecule has 1 aliphatic rings. The molecule has 1 aliphatic heterocycles. The lowest BCUT2D eigenvalue weighted by Crippen LogP contribution is -2.41. The Morgan fingerprint density at radius 2 is 1.91 bits per heavy atom. The van der Waals surface area contributed by atoms with E-state index in [-0.39, 0.29) is 19.0 Å². The highest BCUT2D eigenvalue weighted by atomic mass is 35.5. The van der Waals surface area contributed by atoms with Gasteiger partial charge in [0, 0.05) is 12.2 Å². The Bertz CT molecular complexity index is 538. The molecule has 0 aromatic heterocycles. The van der Waals surface area contributed by atoms with Gasteiger partial charge in [-0.1, -0.05) is 18.2 Å². The molecule has 3 N–H and O–H groups in total. The Kier molecular flexibility index (Phi) is 6.81. The third-order valence-electron chi connectivity index (χ3n) is 3.27. The zero-order chi connectivity index (χ0) is 15.2. The number of benzene rings is 1. The first kappa shape index (κ1) is 17.9. The average molecular weight is 328 g/mol. The minimum Gasteiger partial charge on any atom is -0.481 e.